The summed E-state index contributed by atoms with van der Waals surface area (Å²) in [5.41, 5.74) is -1.10. The van der Waals surface area contributed by atoms with Gasteiger partial charge in [0.1, 0.15) is 0 Å². The topological polar surface area (TPSA) is 42.3 Å². The molecular weight excluding hydrogens is 185 g/mol. The molecule has 0 bridgehead atoms. The van der Waals surface area contributed by atoms with Crippen molar-refractivity contribution in [3.63, 3.8) is 0 Å². The fourth-order valence-electron chi connectivity index (χ4n) is 0.697. The molecule has 1 aromatic rings. The molecule has 0 aromatic carbocycles. The highest BCUT2D eigenvalue weighted by molar-refractivity contribution is 5.48. The first-order valence-corrected chi connectivity index (χ1v) is 3.14. The SMILES string of the molecule is O=C=Nc1cncc(C(F)(F)F)c1. The number of pyridine rings is 1. The van der Waals surface area contributed by atoms with Gasteiger partial charge in [-0.2, -0.15) is 18.2 Å². The zero-order valence-electron chi connectivity index (χ0n) is 6.17. The molecule has 1 aromatic heterocycles. The Balaban J connectivity index is 3.12. The van der Waals surface area contributed by atoms with Crippen molar-refractivity contribution in [3.8, 4) is 0 Å². The first-order chi connectivity index (χ1) is 6.04. The van der Waals surface area contributed by atoms with Gasteiger partial charge in [-0.1, -0.05) is 0 Å². The summed E-state index contributed by atoms with van der Waals surface area (Å²) < 4.78 is 36.1. The van der Waals surface area contributed by atoms with E-state index in [2.05, 4.69) is 9.98 Å². The molecule has 13 heavy (non-hydrogen) atoms. The number of alkyl halides is 3. The van der Waals surface area contributed by atoms with Gasteiger partial charge in [-0.05, 0) is 6.07 Å². The van der Waals surface area contributed by atoms with Gasteiger partial charge in [0.25, 0.3) is 0 Å². The largest absolute Gasteiger partial charge is 0.417 e. The predicted octanol–water partition coefficient (Wildman–Crippen LogP) is 2.07. The molecule has 68 valence electrons. The summed E-state index contributed by atoms with van der Waals surface area (Å²) in [5.74, 6) is 0. The molecule has 0 aliphatic heterocycles. The molecule has 1 rings (SSSR count). The van der Waals surface area contributed by atoms with E-state index in [1.54, 1.807) is 0 Å². The molecule has 0 spiro atoms. The Morgan fingerprint density at radius 2 is 2.08 bits per heavy atom. The average Bonchev–Trinajstić information content (AvgIpc) is 2.04. The Morgan fingerprint density at radius 3 is 2.62 bits per heavy atom. The molecule has 0 aliphatic carbocycles. The van der Waals surface area contributed by atoms with Crippen LogP contribution in [0.15, 0.2) is 23.5 Å². The van der Waals surface area contributed by atoms with Crippen molar-refractivity contribution in [3.05, 3.63) is 24.0 Å². The van der Waals surface area contributed by atoms with Crippen LogP contribution in [0.2, 0.25) is 0 Å². The van der Waals surface area contributed by atoms with Crippen molar-refractivity contribution in [1.29, 1.82) is 0 Å². The Kier molecular flexibility index (Phi) is 2.44. The summed E-state index contributed by atoms with van der Waals surface area (Å²) in [5, 5.41) is 0. The molecule has 0 saturated carbocycles. The van der Waals surface area contributed by atoms with Gasteiger partial charge in [-0.25, -0.2) is 4.79 Å². The van der Waals surface area contributed by atoms with Gasteiger partial charge < -0.3 is 0 Å². The Hall–Kier alpha value is -1.68. The molecule has 0 radical (unpaired) electrons. The molecule has 1 heterocycles. The van der Waals surface area contributed by atoms with Gasteiger partial charge in [-0.15, -0.1) is 0 Å². The van der Waals surface area contributed by atoms with E-state index in [9.17, 15) is 18.0 Å². The number of aliphatic imine (C=N–C) groups is 1. The van der Waals surface area contributed by atoms with Crippen LogP contribution in [0.1, 0.15) is 5.56 Å². The van der Waals surface area contributed by atoms with Crippen molar-refractivity contribution in [2.45, 2.75) is 6.18 Å². The summed E-state index contributed by atoms with van der Waals surface area (Å²) in [6.45, 7) is 0. The highest BCUT2D eigenvalue weighted by Crippen LogP contribution is 2.30. The Labute approximate surface area is 70.9 Å². The maximum atomic E-state index is 12.0. The van der Waals surface area contributed by atoms with Crippen LogP contribution in [0.5, 0.6) is 0 Å². The second kappa shape index (κ2) is 3.37. The lowest BCUT2D eigenvalue weighted by molar-refractivity contribution is -0.137. The summed E-state index contributed by atoms with van der Waals surface area (Å²) >= 11 is 0. The van der Waals surface area contributed by atoms with Crippen LogP contribution in [0.25, 0.3) is 0 Å². The van der Waals surface area contributed by atoms with Crippen LogP contribution in [0.3, 0.4) is 0 Å². The van der Waals surface area contributed by atoms with E-state index < -0.39 is 11.7 Å². The van der Waals surface area contributed by atoms with E-state index in [0.717, 1.165) is 18.3 Å². The van der Waals surface area contributed by atoms with Gasteiger partial charge in [-0.3, -0.25) is 4.98 Å². The highest BCUT2D eigenvalue weighted by Gasteiger charge is 2.30. The van der Waals surface area contributed by atoms with Gasteiger partial charge in [0.05, 0.1) is 17.4 Å². The second-order valence-corrected chi connectivity index (χ2v) is 2.13. The fourth-order valence-corrected chi connectivity index (χ4v) is 0.697. The van der Waals surface area contributed by atoms with E-state index >= 15 is 0 Å². The average molecular weight is 188 g/mol. The van der Waals surface area contributed by atoms with E-state index in [0.29, 0.717) is 6.20 Å². The standard InChI is InChI=1S/C7H3F3N2O/c8-7(9,10)5-1-6(12-4-13)3-11-2-5/h1-3H. The summed E-state index contributed by atoms with van der Waals surface area (Å²) in [4.78, 5) is 16.0. The van der Waals surface area contributed by atoms with Gasteiger partial charge in [0, 0.05) is 6.20 Å². The molecule has 0 atom stereocenters. The van der Waals surface area contributed by atoms with Crippen LogP contribution in [-0.2, 0) is 11.0 Å². The minimum atomic E-state index is -4.47. The molecule has 0 fully saturated rings. The molecule has 6 heteroatoms. The Bertz CT molecular complexity index is 355. The van der Waals surface area contributed by atoms with Crippen molar-refractivity contribution in [2.75, 3.05) is 0 Å². The number of rotatable bonds is 1. The summed E-state index contributed by atoms with van der Waals surface area (Å²) in [6, 6.07) is 0.720. The smallest absolute Gasteiger partial charge is 0.262 e. The number of carbonyl (C=O) groups excluding carboxylic acids is 1. The van der Waals surface area contributed by atoms with E-state index in [-0.39, 0.29) is 5.69 Å². The number of aromatic nitrogens is 1. The number of halogens is 3. The monoisotopic (exact) mass is 188 g/mol. The van der Waals surface area contributed by atoms with E-state index in [4.69, 9.17) is 0 Å². The molecule has 0 unspecified atom stereocenters. The zero-order valence-corrected chi connectivity index (χ0v) is 6.17. The lowest BCUT2D eigenvalue weighted by Gasteiger charge is -2.04. The first-order valence-electron chi connectivity index (χ1n) is 3.14. The van der Waals surface area contributed by atoms with Crippen LogP contribution in [0.4, 0.5) is 18.9 Å². The van der Waals surface area contributed by atoms with Crippen molar-refractivity contribution < 1.29 is 18.0 Å². The molecule has 0 saturated heterocycles. The molecule has 0 aliphatic rings. The van der Waals surface area contributed by atoms with E-state index in [1.807, 2.05) is 0 Å². The van der Waals surface area contributed by atoms with Gasteiger partial charge >= 0.3 is 6.18 Å². The van der Waals surface area contributed by atoms with Crippen LogP contribution < -0.4 is 0 Å². The first kappa shape index (κ1) is 9.41. The third-order valence-electron chi connectivity index (χ3n) is 1.23. The second-order valence-electron chi connectivity index (χ2n) is 2.13. The lowest BCUT2D eigenvalue weighted by Crippen LogP contribution is -2.04. The highest BCUT2D eigenvalue weighted by atomic mass is 19.4. The van der Waals surface area contributed by atoms with Crippen LogP contribution in [-0.4, -0.2) is 11.1 Å². The predicted molar refractivity (Wildman–Crippen MR) is 37.0 cm³/mol. The molecule has 0 N–H and O–H groups in total. The zero-order chi connectivity index (χ0) is 9.90. The lowest BCUT2D eigenvalue weighted by atomic mass is 10.2. The maximum Gasteiger partial charge on any atom is 0.417 e. The molecular formula is C7H3F3N2O. The molecule has 0 amide bonds. The number of isocyanates is 1. The van der Waals surface area contributed by atoms with Crippen molar-refractivity contribution in [2.24, 2.45) is 4.99 Å². The van der Waals surface area contributed by atoms with Crippen LogP contribution in [0, 0.1) is 0 Å². The Morgan fingerprint density at radius 1 is 1.38 bits per heavy atom. The number of nitrogens with zero attached hydrogens (tertiary/aromatic N) is 2. The third-order valence-corrected chi connectivity index (χ3v) is 1.23. The third kappa shape index (κ3) is 2.38. The van der Waals surface area contributed by atoms with Gasteiger partial charge in [0.15, 0.2) is 0 Å². The molecule has 3 nitrogen and oxygen atoms in total. The summed E-state index contributed by atoms with van der Waals surface area (Å²) in [7, 11) is 0. The quantitative estimate of drug-likeness (QED) is 0.500. The minimum Gasteiger partial charge on any atom is -0.262 e. The van der Waals surface area contributed by atoms with Crippen molar-refractivity contribution in [1.82, 2.24) is 4.98 Å². The number of hydrogen-bond donors (Lipinski definition) is 0. The fraction of sp³-hybridized carbons (Fsp3) is 0.143. The minimum absolute atomic E-state index is 0.162. The van der Waals surface area contributed by atoms with Crippen LogP contribution >= 0.6 is 0 Å². The summed E-state index contributed by atoms with van der Waals surface area (Å²) in [6.07, 6.45) is -1.64. The number of hydrogen-bond acceptors (Lipinski definition) is 3. The van der Waals surface area contributed by atoms with Crippen molar-refractivity contribution >= 4 is 11.8 Å². The maximum absolute atomic E-state index is 12.0. The van der Waals surface area contributed by atoms with Gasteiger partial charge in [0.2, 0.25) is 6.08 Å². The normalized spacial score (nSPS) is 10.7. The van der Waals surface area contributed by atoms with E-state index in [1.165, 1.54) is 0 Å².